The molecule has 2 unspecified atom stereocenters. The van der Waals surface area contributed by atoms with Crippen molar-refractivity contribution in [2.75, 3.05) is 6.61 Å². The lowest BCUT2D eigenvalue weighted by Gasteiger charge is -2.20. The number of imidazole rings is 1. The lowest BCUT2D eigenvalue weighted by molar-refractivity contribution is 0.108. The summed E-state index contributed by atoms with van der Waals surface area (Å²) in [6.45, 7) is 2.66. The van der Waals surface area contributed by atoms with E-state index in [4.69, 9.17) is 10.5 Å². The Morgan fingerprint density at radius 2 is 2.03 bits per heavy atom. The van der Waals surface area contributed by atoms with Crippen LogP contribution in [-0.2, 0) is 10.3 Å². The molecule has 2 aliphatic rings. The highest BCUT2D eigenvalue weighted by Gasteiger charge is 2.43. The van der Waals surface area contributed by atoms with Crippen LogP contribution in [0.25, 0.3) is 22.4 Å². The van der Waals surface area contributed by atoms with E-state index < -0.39 is 5.54 Å². The number of nitrogens with zero attached hydrogens (tertiary/aromatic N) is 6. The Kier molecular flexibility index (Phi) is 3.34. The van der Waals surface area contributed by atoms with E-state index >= 15 is 0 Å². The molecule has 4 aromatic rings. The highest BCUT2D eigenvalue weighted by Crippen LogP contribution is 2.41. The van der Waals surface area contributed by atoms with Gasteiger partial charge in [0, 0.05) is 6.61 Å². The predicted octanol–water partition coefficient (Wildman–Crippen LogP) is 1.53. The van der Waals surface area contributed by atoms with Crippen molar-refractivity contribution < 1.29 is 4.74 Å². The summed E-state index contributed by atoms with van der Waals surface area (Å²) in [4.78, 5) is 18.2. The van der Waals surface area contributed by atoms with Crippen molar-refractivity contribution in [2.24, 2.45) is 5.73 Å². The maximum Gasteiger partial charge on any atom is 0.279 e. The van der Waals surface area contributed by atoms with Crippen molar-refractivity contribution in [3.05, 3.63) is 52.8 Å². The van der Waals surface area contributed by atoms with Gasteiger partial charge in [0.05, 0.1) is 34.9 Å². The van der Waals surface area contributed by atoms with E-state index in [1.54, 1.807) is 17.2 Å². The Morgan fingerprint density at radius 1 is 1.24 bits per heavy atom. The fraction of sp³-hybridized carbons (Fsp3) is 0.400. The van der Waals surface area contributed by atoms with Crippen LogP contribution in [-0.4, -0.2) is 41.7 Å². The second-order valence-corrected chi connectivity index (χ2v) is 8.09. The van der Waals surface area contributed by atoms with Crippen molar-refractivity contribution in [2.45, 2.75) is 43.9 Å². The normalized spacial score (nSPS) is 23.2. The molecule has 1 saturated carbocycles. The van der Waals surface area contributed by atoms with E-state index in [1.165, 1.54) is 0 Å². The van der Waals surface area contributed by atoms with Crippen LogP contribution in [0.3, 0.4) is 0 Å². The molecule has 9 heteroatoms. The molecule has 3 aromatic heterocycles. The molecule has 2 N–H and O–H groups in total. The first kappa shape index (κ1) is 16.9. The molecule has 0 radical (unpaired) electrons. The van der Waals surface area contributed by atoms with Gasteiger partial charge in [-0.2, -0.15) is 4.68 Å². The summed E-state index contributed by atoms with van der Waals surface area (Å²) in [7, 11) is 0. The number of rotatable bonds is 3. The van der Waals surface area contributed by atoms with E-state index in [9.17, 15) is 4.79 Å². The Balaban J connectivity index is 1.64. The average molecular weight is 391 g/mol. The molecule has 9 nitrogen and oxygen atoms in total. The van der Waals surface area contributed by atoms with Gasteiger partial charge in [-0.15, -0.1) is 5.10 Å². The number of aromatic nitrogens is 6. The van der Waals surface area contributed by atoms with Crippen molar-refractivity contribution in [3.63, 3.8) is 0 Å². The average Bonchev–Trinajstić information content (AvgIpc) is 3.15. The number of para-hydroxylation sites is 2. The standard InChI is InChI=1S/C20H21N7O2/c1-12-13(6-9-29-12)27-15-5-3-2-4-14(15)25-11-22-18(17(25)19(27)28)26-10-16(23-24-26)20(21)7-8-20/h2-5,10-13H,6-9,21H2,1H3. The van der Waals surface area contributed by atoms with E-state index in [0.29, 0.717) is 17.9 Å². The number of hydrogen-bond donors (Lipinski definition) is 1. The first-order valence-corrected chi connectivity index (χ1v) is 9.91. The third-order valence-electron chi connectivity index (χ3n) is 6.25. The summed E-state index contributed by atoms with van der Waals surface area (Å²) in [5.74, 6) is 0.462. The molecule has 0 amide bonds. The lowest BCUT2D eigenvalue weighted by Crippen LogP contribution is -2.30. The van der Waals surface area contributed by atoms with Gasteiger partial charge in [0.2, 0.25) is 0 Å². The van der Waals surface area contributed by atoms with E-state index in [0.717, 1.165) is 36.0 Å². The number of ether oxygens (including phenoxy) is 1. The molecule has 29 heavy (non-hydrogen) atoms. The second kappa shape index (κ2) is 5.74. The van der Waals surface area contributed by atoms with Gasteiger partial charge in [-0.05, 0) is 38.3 Å². The quantitative estimate of drug-likeness (QED) is 0.568. The zero-order chi connectivity index (χ0) is 19.8. The number of fused-ring (bicyclic) bond motifs is 3. The zero-order valence-electron chi connectivity index (χ0n) is 16.0. The van der Waals surface area contributed by atoms with Crippen LogP contribution < -0.4 is 11.3 Å². The molecule has 6 rings (SSSR count). The molecular weight excluding hydrogens is 370 g/mol. The molecule has 1 aromatic carbocycles. The van der Waals surface area contributed by atoms with Crippen molar-refractivity contribution in [1.82, 2.24) is 28.9 Å². The van der Waals surface area contributed by atoms with Crippen molar-refractivity contribution in [3.8, 4) is 5.82 Å². The smallest absolute Gasteiger partial charge is 0.279 e. The Hall–Kier alpha value is -3.04. The van der Waals surface area contributed by atoms with Crippen LogP contribution in [0.15, 0.2) is 41.6 Å². The highest BCUT2D eigenvalue weighted by molar-refractivity contribution is 5.81. The summed E-state index contributed by atoms with van der Waals surface area (Å²) in [6, 6.07) is 7.85. The van der Waals surface area contributed by atoms with E-state index in [1.807, 2.05) is 40.2 Å². The fourth-order valence-corrected chi connectivity index (χ4v) is 4.36. The van der Waals surface area contributed by atoms with Crippen molar-refractivity contribution >= 4 is 16.6 Å². The summed E-state index contributed by atoms with van der Waals surface area (Å²) >= 11 is 0. The maximum atomic E-state index is 13.7. The largest absolute Gasteiger partial charge is 0.376 e. The minimum absolute atomic E-state index is 0.0229. The Bertz CT molecular complexity index is 1310. The molecular formula is C20H21N7O2. The summed E-state index contributed by atoms with van der Waals surface area (Å²) < 4.78 is 11.0. The monoisotopic (exact) mass is 391 g/mol. The van der Waals surface area contributed by atoms with Gasteiger partial charge in [0.1, 0.15) is 12.0 Å². The van der Waals surface area contributed by atoms with Crippen LogP contribution in [0.5, 0.6) is 0 Å². The van der Waals surface area contributed by atoms with Crippen molar-refractivity contribution in [1.29, 1.82) is 0 Å². The van der Waals surface area contributed by atoms with Gasteiger partial charge in [0.25, 0.3) is 5.56 Å². The number of nitrogens with two attached hydrogens (primary N) is 1. The summed E-state index contributed by atoms with van der Waals surface area (Å²) in [5.41, 5.74) is 8.75. The van der Waals surface area contributed by atoms with Crippen LogP contribution in [0, 0.1) is 0 Å². The summed E-state index contributed by atoms with van der Waals surface area (Å²) in [5, 5.41) is 8.44. The summed E-state index contributed by atoms with van der Waals surface area (Å²) in [6.07, 6.45) is 6.02. The van der Waals surface area contributed by atoms with Crippen LogP contribution >= 0.6 is 0 Å². The molecule has 0 spiro atoms. The third kappa shape index (κ3) is 2.34. The molecule has 1 saturated heterocycles. The molecule has 148 valence electrons. The van der Waals surface area contributed by atoms with Gasteiger partial charge in [-0.1, -0.05) is 17.3 Å². The molecule has 0 bridgehead atoms. The van der Waals surface area contributed by atoms with Crippen LogP contribution in [0.4, 0.5) is 0 Å². The van der Waals surface area contributed by atoms with E-state index in [-0.39, 0.29) is 17.7 Å². The Labute approximate surface area is 165 Å². The SMILES string of the molecule is CC1OCCC1n1c(=O)c2c(-n3cc(C4(N)CC4)nn3)ncn2c2ccccc21. The molecule has 1 aliphatic heterocycles. The molecule has 2 fully saturated rings. The topological polar surface area (TPSA) is 105 Å². The minimum Gasteiger partial charge on any atom is -0.376 e. The zero-order valence-corrected chi connectivity index (χ0v) is 16.0. The molecule has 1 aliphatic carbocycles. The number of benzene rings is 1. The highest BCUT2D eigenvalue weighted by atomic mass is 16.5. The second-order valence-electron chi connectivity index (χ2n) is 8.09. The van der Waals surface area contributed by atoms with Gasteiger partial charge < -0.3 is 10.5 Å². The molecule has 4 heterocycles. The maximum absolute atomic E-state index is 13.7. The lowest BCUT2D eigenvalue weighted by atomic mass is 10.1. The third-order valence-corrected chi connectivity index (χ3v) is 6.25. The predicted molar refractivity (Wildman–Crippen MR) is 106 cm³/mol. The molecule has 2 atom stereocenters. The number of hydrogen-bond acceptors (Lipinski definition) is 6. The first-order valence-electron chi connectivity index (χ1n) is 9.91. The van der Waals surface area contributed by atoms with Gasteiger partial charge in [-0.3, -0.25) is 13.8 Å². The minimum atomic E-state index is -0.392. The fourth-order valence-electron chi connectivity index (χ4n) is 4.36. The van der Waals surface area contributed by atoms with E-state index in [2.05, 4.69) is 15.3 Å². The van der Waals surface area contributed by atoms with Gasteiger partial charge >= 0.3 is 0 Å². The first-order chi connectivity index (χ1) is 14.1. The van der Waals surface area contributed by atoms with Crippen LogP contribution in [0.2, 0.25) is 0 Å². The Morgan fingerprint density at radius 3 is 2.76 bits per heavy atom. The van der Waals surface area contributed by atoms with Gasteiger partial charge in [0.15, 0.2) is 11.3 Å². The van der Waals surface area contributed by atoms with Gasteiger partial charge in [-0.25, -0.2) is 4.98 Å². The van der Waals surface area contributed by atoms with Crippen LogP contribution in [0.1, 0.15) is 37.9 Å².